The van der Waals surface area contributed by atoms with Crippen molar-refractivity contribution in [1.82, 2.24) is 0 Å². The molecule has 0 fully saturated rings. The predicted molar refractivity (Wildman–Crippen MR) is 87.0 cm³/mol. The number of nitrogens with zero attached hydrogens (tertiary/aromatic N) is 1. The molecule has 0 atom stereocenters. The molecule has 7 heteroatoms. The molecule has 0 N–H and O–H groups in total. The number of hydrogen-bond acceptors (Lipinski definition) is 4. The zero-order chi connectivity index (χ0) is 17.0. The van der Waals surface area contributed by atoms with E-state index >= 15 is 0 Å². The number of ether oxygens (including phenoxy) is 2. The van der Waals surface area contributed by atoms with Crippen LogP contribution in [0, 0.1) is 5.82 Å². The Hall–Kier alpha value is -2.28. The minimum atomic E-state index is -3.61. The molecule has 0 aliphatic rings. The number of anilines is 1. The highest BCUT2D eigenvalue weighted by Crippen LogP contribution is 2.33. The molecule has 0 spiro atoms. The van der Waals surface area contributed by atoms with Gasteiger partial charge in [-0.3, -0.25) is 4.31 Å². The van der Waals surface area contributed by atoms with Crippen molar-refractivity contribution < 1.29 is 22.3 Å². The van der Waals surface area contributed by atoms with Crippen molar-refractivity contribution in [2.24, 2.45) is 0 Å². The number of rotatable bonds is 6. The molecule has 2 rings (SSSR count). The molecule has 0 radical (unpaired) electrons. The van der Waals surface area contributed by atoms with E-state index in [0.29, 0.717) is 17.2 Å². The normalized spacial score (nSPS) is 11.1. The van der Waals surface area contributed by atoms with Gasteiger partial charge in [-0.05, 0) is 18.2 Å². The smallest absolute Gasteiger partial charge is 0.232 e. The Morgan fingerprint density at radius 1 is 1.04 bits per heavy atom. The fourth-order valence-corrected chi connectivity index (χ4v) is 3.03. The topological polar surface area (TPSA) is 55.8 Å². The maximum Gasteiger partial charge on any atom is 0.232 e. The van der Waals surface area contributed by atoms with Crippen molar-refractivity contribution in [2.75, 3.05) is 24.8 Å². The third-order valence-corrected chi connectivity index (χ3v) is 4.47. The van der Waals surface area contributed by atoms with E-state index in [2.05, 4.69) is 0 Å². The van der Waals surface area contributed by atoms with Gasteiger partial charge in [0.15, 0.2) is 11.5 Å². The first-order chi connectivity index (χ1) is 10.9. The Bertz CT molecular complexity index is 792. The highest BCUT2D eigenvalue weighted by Gasteiger charge is 2.21. The highest BCUT2D eigenvalue weighted by atomic mass is 32.2. The molecule has 124 valence electrons. The van der Waals surface area contributed by atoms with Crippen LogP contribution in [0.4, 0.5) is 10.1 Å². The van der Waals surface area contributed by atoms with Gasteiger partial charge in [0.1, 0.15) is 5.82 Å². The van der Waals surface area contributed by atoms with Gasteiger partial charge in [-0.2, -0.15) is 0 Å². The van der Waals surface area contributed by atoms with Crippen LogP contribution in [0.5, 0.6) is 11.5 Å². The van der Waals surface area contributed by atoms with Gasteiger partial charge >= 0.3 is 0 Å². The van der Waals surface area contributed by atoms with Crippen LogP contribution in [-0.4, -0.2) is 28.9 Å². The van der Waals surface area contributed by atoms with E-state index in [1.54, 1.807) is 36.4 Å². The first-order valence-corrected chi connectivity index (χ1v) is 8.64. The molecule has 0 unspecified atom stereocenters. The molecule has 0 bridgehead atoms. The second-order valence-electron chi connectivity index (χ2n) is 4.90. The maximum absolute atomic E-state index is 13.9. The minimum absolute atomic E-state index is 0.110. The Morgan fingerprint density at radius 2 is 1.70 bits per heavy atom. The van der Waals surface area contributed by atoms with Crippen LogP contribution in [-0.2, 0) is 16.6 Å². The SMILES string of the molecule is COc1ccc(N(Cc2ccccc2F)S(C)(=O)=O)cc1OC. The lowest BCUT2D eigenvalue weighted by Crippen LogP contribution is -2.29. The van der Waals surface area contributed by atoms with Crippen molar-refractivity contribution in [2.45, 2.75) is 6.54 Å². The molecular weight excluding hydrogens is 321 g/mol. The summed E-state index contributed by atoms with van der Waals surface area (Å²) in [6.07, 6.45) is 1.07. The van der Waals surface area contributed by atoms with Crippen molar-refractivity contribution in [3.63, 3.8) is 0 Å². The number of benzene rings is 2. The van der Waals surface area contributed by atoms with E-state index in [1.807, 2.05) is 0 Å². The first-order valence-electron chi connectivity index (χ1n) is 6.80. The van der Waals surface area contributed by atoms with E-state index in [-0.39, 0.29) is 12.1 Å². The van der Waals surface area contributed by atoms with Gasteiger partial charge in [-0.15, -0.1) is 0 Å². The third kappa shape index (κ3) is 3.92. The second kappa shape index (κ2) is 6.87. The molecular formula is C16H18FNO4S. The summed E-state index contributed by atoms with van der Waals surface area (Å²) in [4.78, 5) is 0. The fourth-order valence-electron chi connectivity index (χ4n) is 2.16. The molecule has 0 amide bonds. The number of sulfonamides is 1. The predicted octanol–water partition coefficient (Wildman–Crippen LogP) is 2.81. The average Bonchev–Trinajstić information content (AvgIpc) is 2.52. The average molecular weight is 339 g/mol. The summed E-state index contributed by atoms with van der Waals surface area (Å²) >= 11 is 0. The van der Waals surface area contributed by atoms with Crippen molar-refractivity contribution in [3.8, 4) is 11.5 Å². The first kappa shape index (κ1) is 17.1. The van der Waals surface area contributed by atoms with Gasteiger partial charge in [0, 0.05) is 11.6 Å². The van der Waals surface area contributed by atoms with Gasteiger partial charge in [-0.25, -0.2) is 12.8 Å². The summed E-state index contributed by atoms with van der Waals surface area (Å²) in [5.74, 6) is 0.421. The molecule has 0 saturated heterocycles. The lowest BCUT2D eigenvalue weighted by atomic mass is 10.2. The quantitative estimate of drug-likeness (QED) is 0.812. The Balaban J connectivity index is 2.46. The molecule has 0 aliphatic carbocycles. The molecule has 5 nitrogen and oxygen atoms in total. The molecule has 2 aromatic rings. The van der Waals surface area contributed by atoms with Crippen molar-refractivity contribution in [3.05, 3.63) is 53.8 Å². The fraction of sp³-hybridized carbons (Fsp3) is 0.250. The van der Waals surface area contributed by atoms with Gasteiger partial charge < -0.3 is 9.47 Å². The van der Waals surface area contributed by atoms with E-state index in [4.69, 9.17) is 9.47 Å². The van der Waals surface area contributed by atoms with Gasteiger partial charge in [-0.1, -0.05) is 18.2 Å². The van der Waals surface area contributed by atoms with Crippen LogP contribution >= 0.6 is 0 Å². The summed E-state index contributed by atoms with van der Waals surface area (Å²) in [5, 5.41) is 0. The van der Waals surface area contributed by atoms with Crippen LogP contribution in [0.2, 0.25) is 0 Å². The molecule has 23 heavy (non-hydrogen) atoms. The number of methoxy groups -OCH3 is 2. The number of hydrogen-bond donors (Lipinski definition) is 0. The molecule has 0 aliphatic heterocycles. The lowest BCUT2D eigenvalue weighted by Gasteiger charge is -2.23. The van der Waals surface area contributed by atoms with E-state index in [1.165, 1.54) is 20.3 Å². The minimum Gasteiger partial charge on any atom is -0.493 e. The van der Waals surface area contributed by atoms with Crippen molar-refractivity contribution in [1.29, 1.82) is 0 Å². The standard InChI is InChI=1S/C16H18FNO4S/c1-21-15-9-8-13(10-16(15)22-2)18(23(3,19)20)11-12-6-4-5-7-14(12)17/h4-10H,11H2,1-3H3. The summed E-state index contributed by atoms with van der Waals surface area (Å²) in [6, 6.07) is 10.8. The summed E-state index contributed by atoms with van der Waals surface area (Å²) < 4.78 is 49.6. The molecule has 0 aromatic heterocycles. The van der Waals surface area contributed by atoms with E-state index in [9.17, 15) is 12.8 Å². The summed E-state index contributed by atoms with van der Waals surface area (Å²) in [5.41, 5.74) is 0.654. The van der Waals surface area contributed by atoms with Crippen LogP contribution < -0.4 is 13.8 Å². The third-order valence-electron chi connectivity index (χ3n) is 3.33. The molecule has 0 saturated carbocycles. The number of halogens is 1. The van der Waals surface area contributed by atoms with Crippen LogP contribution in [0.1, 0.15) is 5.56 Å². The molecule has 0 heterocycles. The van der Waals surface area contributed by atoms with E-state index in [0.717, 1.165) is 10.6 Å². The van der Waals surface area contributed by atoms with Crippen LogP contribution in [0.3, 0.4) is 0 Å². The van der Waals surface area contributed by atoms with Crippen molar-refractivity contribution >= 4 is 15.7 Å². The Labute approximate surface area is 135 Å². The highest BCUT2D eigenvalue weighted by molar-refractivity contribution is 7.92. The zero-order valence-electron chi connectivity index (χ0n) is 13.1. The maximum atomic E-state index is 13.9. The largest absolute Gasteiger partial charge is 0.493 e. The Morgan fingerprint density at radius 3 is 2.26 bits per heavy atom. The summed E-state index contributed by atoms with van der Waals surface area (Å²) in [6.45, 7) is -0.110. The molecule has 2 aromatic carbocycles. The van der Waals surface area contributed by atoms with Crippen LogP contribution in [0.25, 0.3) is 0 Å². The lowest BCUT2D eigenvalue weighted by molar-refractivity contribution is 0.355. The van der Waals surface area contributed by atoms with Gasteiger partial charge in [0.2, 0.25) is 10.0 Å². The van der Waals surface area contributed by atoms with Gasteiger partial charge in [0.25, 0.3) is 0 Å². The Kier molecular flexibility index (Phi) is 5.10. The van der Waals surface area contributed by atoms with Gasteiger partial charge in [0.05, 0.1) is 32.7 Å². The zero-order valence-corrected chi connectivity index (χ0v) is 13.9. The summed E-state index contributed by atoms with van der Waals surface area (Å²) in [7, 11) is -0.654. The second-order valence-corrected chi connectivity index (χ2v) is 6.81. The monoisotopic (exact) mass is 339 g/mol. The van der Waals surface area contributed by atoms with E-state index < -0.39 is 15.8 Å². The van der Waals surface area contributed by atoms with Crippen LogP contribution in [0.15, 0.2) is 42.5 Å².